The highest BCUT2D eigenvalue weighted by atomic mass is 32.2. The maximum absolute atomic E-state index is 14.9. The molecule has 4 aromatic rings. The van der Waals surface area contributed by atoms with Gasteiger partial charge in [0.2, 0.25) is 17.8 Å². The first-order chi connectivity index (χ1) is 20.0. The number of nitrogens with zero attached hydrogens (tertiary/aromatic N) is 4. The number of halogens is 1. The predicted molar refractivity (Wildman–Crippen MR) is 154 cm³/mol. The van der Waals surface area contributed by atoms with Crippen molar-refractivity contribution < 1.29 is 22.4 Å². The minimum atomic E-state index is -3.77. The van der Waals surface area contributed by atoms with Crippen molar-refractivity contribution in [2.75, 3.05) is 23.4 Å². The van der Waals surface area contributed by atoms with Gasteiger partial charge in [-0.05, 0) is 43.5 Å². The van der Waals surface area contributed by atoms with Gasteiger partial charge in [0.1, 0.15) is 10.9 Å². The summed E-state index contributed by atoms with van der Waals surface area (Å²) in [5.41, 5.74) is 2.46. The van der Waals surface area contributed by atoms with Crippen LogP contribution in [0.15, 0.2) is 47.8 Å². The normalized spacial score (nSPS) is 19.0. The van der Waals surface area contributed by atoms with Crippen molar-refractivity contribution in [1.82, 2.24) is 30.2 Å². The summed E-state index contributed by atoms with van der Waals surface area (Å²) >= 11 is 0. The average Bonchev–Trinajstić information content (AvgIpc) is 3.36. The van der Waals surface area contributed by atoms with Gasteiger partial charge in [0.15, 0.2) is 21.5 Å². The van der Waals surface area contributed by atoms with Crippen molar-refractivity contribution in [3.63, 3.8) is 0 Å². The van der Waals surface area contributed by atoms with E-state index in [0.29, 0.717) is 35.6 Å². The number of amides is 2. The molecule has 3 atom stereocenters. The van der Waals surface area contributed by atoms with Crippen molar-refractivity contribution in [1.29, 1.82) is 0 Å². The topological polar surface area (TPSA) is 162 Å². The van der Waals surface area contributed by atoms with Crippen LogP contribution in [0.4, 0.5) is 21.8 Å². The van der Waals surface area contributed by atoms with Crippen molar-refractivity contribution in [3.05, 3.63) is 54.2 Å². The lowest BCUT2D eigenvalue weighted by Gasteiger charge is -2.49. The Labute approximate surface area is 241 Å². The van der Waals surface area contributed by atoms with Crippen LogP contribution in [0, 0.1) is 12.7 Å². The molecule has 0 radical (unpaired) electrons. The molecule has 2 bridgehead atoms. The molecule has 0 aliphatic carbocycles. The fourth-order valence-electron chi connectivity index (χ4n) is 5.53. The molecule has 3 aromatic heterocycles. The molecule has 1 aromatic carbocycles. The van der Waals surface area contributed by atoms with Gasteiger partial charge in [-0.1, -0.05) is 13.0 Å². The average molecular weight is 593 g/mol. The number of pyridine rings is 1. The number of aromatic nitrogens is 4. The van der Waals surface area contributed by atoms with Crippen LogP contribution >= 0.6 is 0 Å². The van der Waals surface area contributed by atoms with Crippen LogP contribution in [0.3, 0.4) is 0 Å². The number of aryl methyl sites for hydroxylation is 1. The number of fused-ring (bicyclic) bond motifs is 3. The van der Waals surface area contributed by atoms with E-state index in [4.69, 9.17) is 0 Å². The third kappa shape index (κ3) is 4.86. The molecule has 2 unspecified atom stereocenters. The first kappa shape index (κ1) is 27.7. The van der Waals surface area contributed by atoms with E-state index in [9.17, 15) is 22.4 Å². The van der Waals surface area contributed by atoms with Gasteiger partial charge in [0.25, 0.3) is 0 Å². The number of piperidine rings is 1. The largest absolute Gasteiger partial charge is 0.357 e. The molecule has 12 nitrogen and oxygen atoms in total. The number of H-pyrrole nitrogens is 1. The summed E-state index contributed by atoms with van der Waals surface area (Å²) in [6.45, 7) is 4.20. The number of anilines is 3. The number of rotatable bonds is 8. The molecule has 7 rings (SSSR count). The summed E-state index contributed by atoms with van der Waals surface area (Å²) in [5.74, 6) is -0.902. The van der Waals surface area contributed by atoms with E-state index >= 15 is 0 Å². The van der Waals surface area contributed by atoms with E-state index in [0.717, 1.165) is 23.6 Å². The molecule has 0 spiro atoms. The van der Waals surface area contributed by atoms with Crippen LogP contribution in [0.5, 0.6) is 0 Å². The zero-order valence-corrected chi connectivity index (χ0v) is 23.9. The molecule has 0 saturated carbocycles. The first-order valence-electron chi connectivity index (χ1n) is 13.5. The van der Waals surface area contributed by atoms with E-state index in [1.54, 1.807) is 29.6 Å². The number of carbonyl (C=O) groups excluding carboxylic acids is 2. The van der Waals surface area contributed by atoms with Gasteiger partial charge in [-0.3, -0.25) is 9.59 Å². The number of aromatic amines is 1. The van der Waals surface area contributed by atoms with Gasteiger partial charge in [0.05, 0.1) is 22.9 Å². The fourth-order valence-corrected chi connectivity index (χ4v) is 6.30. The number of hydrogen-bond donors (Lipinski definition) is 4. The molecule has 42 heavy (non-hydrogen) atoms. The molecular formula is C28H29FN8O4S. The smallest absolute Gasteiger partial charge is 0.248 e. The molecule has 3 aliphatic heterocycles. The zero-order chi connectivity index (χ0) is 29.8. The highest BCUT2D eigenvalue weighted by molar-refractivity contribution is 7.90. The summed E-state index contributed by atoms with van der Waals surface area (Å²) in [4.78, 5) is 43.7. The van der Waals surface area contributed by atoms with Crippen LogP contribution in [-0.2, 0) is 19.4 Å². The Hall–Kier alpha value is -4.43. The van der Waals surface area contributed by atoms with Gasteiger partial charge < -0.3 is 25.8 Å². The Morgan fingerprint density at radius 3 is 2.76 bits per heavy atom. The quantitative estimate of drug-likeness (QED) is 0.241. The van der Waals surface area contributed by atoms with E-state index < -0.39 is 26.6 Å². The molecule has 3 saturated heterocycles. The standard InChI is InChI=1S/C28H29FN8O4S/c1-4-20(37-13-15-10-19(33-15)27(37)39)26(38)36-25-24-16(8-9-30-25)17(12-31-24)23-14(2)11-32-28(35-23)34-18-6-5-7-21(22(18)29)42(3,40)41/h5-9,11-12,15,19-20,31,33H,4,10,13H2,1-3H3,(H,30,36,38)(H,32,34,35)/t15?,19?,20-/m1/s1. The summed E-state index contributed by atoms with van der Waals surface area (Å²) < 4.78 is 38.8. The molecular weight excluding hydrogens is 563 g/mol. The lowest BCUT2D eigenvalue weighted by Crippen LogP contribution is -2.72. The summed E-state index contributed by atoms with van der Waals surface area (Å²) in [6, 6.07) is 5.21. The van der Waals surface area contributed by atoms with Gasteiger partial charge in [0, 0.05) is 48.4 Å². The minimum Gasteiger partial charge on any atom is -0.357 e. The van der Waals surface area contributed by atoms with Gasteiger partial charge in [-0.15, -0.1) is 0 Å². The Balaban J connectivity index is 1.28. The van der Waals surface area contributed by atoms with Gasteiger partial charge in [-0.2, -0.15) is 0 Å². The highest BCUT2D eigenvalue weighted by Gasteiger charge is 2.46. The predicted octanol–water partition coefficient (Wildman–Crippen LogP) is 2.90. The van der Waals surface area contributed by atoms with E-state index in [1.165, 1.54) is 18.2 Å². The van der Waals surface area contributed by atoms with E-state index in [1.807, 2.05) is 13.8 Å². The SMILES string of the molecule is CC[C@H](C(=O)Nc1nccc2c(-c3nc(Nc4cccc(S(C)(=O)=O)c4F)ncc3C)c[nH]c12)N1CC2CC(N2)C1=O. The second-order valence-corrected chi connectivity index (χ2v) is 12.6. The van der Waals surface area contributed by atoms with Crippen LogP contribution in [0.25, 0.3) is 22.2 Å². The number of carbonyl (C=O) groups is 2. The Bertz CT molecular complexity index is 1840. The van der Waals surface area contributed by atoms with Crippen LogP contribution in [0.2, 0.25) is 0 Å². The molecule has 14 heteroatoms. The van der Waals surface area contributed by atoms with Gasteiger partial charge in [-0.25, -0.2) is 27.8 Å². The molecule has 3 fully saturated rings. The third-order valence-electron chi connectivity index (χ3n) is 7.70. The Morgan fingerprint density at radius 2 is 2.05 bits per heavy atom. The molecule has 2 amide bonds. The van der Waals surface area contributed by atoms with Crippen LogP contribution < -0.4 is 16.0 Å². The second kappa shape index (κ2) is 10.4. The maximum atomic E-state index is 14.9. The second-order valence-electron chi connectivity index (χ2n) is 10.6. The number of hydrogen-bond acceptors (Lipinski definition) is 9. The van der Waals surface area contributed by atoms with Crippen molar-refractivity contribution >= 4 is 50.0 Å². The third-order valence-corrected chi connectivity index (χ3v) is 8.81. The summed E-state index contributed by atoms with van der Waals surface area (Å²) in [6.07, 6.45) is 7.09. The zero-order valence-electron chi connectivity index (χ0n) is 23.1. The lowest BCUT2D eigenvalue weighted by molar-refractivity contribution is -0.149. The molecule has 6 heterocycles. The Kier molecular flexibility index (Phi) is 6.89. The Morgan fingerprint density at radius 1 is 1.26 bits per heavy atom. The maximum Gasteiger partial charge on any atom is 0.248 e. The van der Waals surface area contributed by atoms with Crippen LogP contribution in [-0.4, -0.2) is 76.0 Å². The highest BCUT2D eigenvalue weighted by Crippen LogP contribution is 2.33. The van der Waals surface area contributed by atoms with E-state index in [-0.39, 0.29) is 35.5 Å². The van der Waals surface area contributed by atoms with Crippen molar-refractivity contribution in [3.8, 4) is 11.3 Å². The number of nitrogens with one attached hydrogen (secondary N) is 4. The summed E-state index contributed by atoms with van der Waals surface area (Å²) in [7, 11) is -3.77. The van der Waals surface area contributed by atoms with Crippen molar-refractivity contribution in [2.24, 2.45) is 0 Å². The number of benzene rings is 1. The molecule has 4 N–H and O–H groups in total. The molecule has 218 valence electrons. The lowest BCUT2D eigenvalue weighted by atomic mass is 9.89. The van der Waals surface area contributed by atoms with Crippen molar-refractivity contribution in [2.45, 2.75) is 49.7 Å². The number of piperazine rings is 1. The number of sulfone groups is 1. The van der Waals surface area contributed by atoms with E-state index in [2.05, 4.69) is 35.9 Å². The minimum absolute atomic E-state index is 0.0561. The van der Waals surface area contributed by atoms with Crippen LogP contribution in [0.1, 0.15) is 25.3 Å². The monoisotopic (exact) mass is 592 g/mol. The summed E-state index contributed by atoms with van der Waals surface area (Å²) in [5, 5.41) is 9.61. The first-order valence-corrected chi connectivity index (χ1v) is 15.4. The fraction of sp³-hybridized carbons (Fsp3) is 0.321. The van der Waals surface area contributed by atoms with Gasteiger partial charge >= 0.3 is 0 Å². The molecule has 3 aliphatic rings.